The number of hydrogen-bond donors (Lipinski definition) is 4. The van der Waals surface area contributed by atoms with E-state index in [0.717, 1.165) is 18.4 Å². The highest BCUT2D eigenvalue weighted by Crippen LogP contribution is 2.09. The van der Waals surface area contributed by atoms with Crippen LogP contribution in [0.25, 0.3) is 0 Å². The maximum Gasteiger partial charge on any atom is 0.412 e. The van der Waals surface area contributed by atoms with Crippen LogP contribution in [0, 0.1) is 5.41 Å². The van der Waals surface area contributed by atoms with Gasteiger partial charge in [0.25, 0.3) is 0 Å². The van der Waals surface area contributed by atoms with Gasteiger partial charge in [-0.25, -0.2) is 9.59 Å². The summed E-state index contributed by atoms with van der Waals surface area (Å²) in [5.41, 5.74) is 1.51. The third-order valence-corrected chi connectivity index (χ3v) is 3.23. The van der Waals surface area contributed by atoms with E-state index in [-0.39, 0.29) is 19.0 Å². The number of amidine groups is 1. The van der Waals surface area contributed by atoms with Crippen LogP contribution in [0.3, 0.4) is 0 Å². The largest absolute Gasteiger partial charge is 0.465 e. The third kappa shape index (κ3) is 9.26. The van der Waals surface area contributed by atoms with Gasteiger partial charge in [0, 0.05) is 19.0 Å². The molecule has 142 valence electrons. The fourth-order valence-electron chi connectivity index (χ4n) is 2.06. The van der Waals surface area contributed by atoms with Crippen molar-refractivity contribution in [3.63, 3.8) is 0 Å². The summed E-state index contributed by atoms with van der Waals surface area (Å²) in [6.07, 6.45) is 0.400. The van der Waals surface area contributed by atoms with Crippen molar-refractivity contribution in [2.45, 2.75) is 26.2 Å². The van der Waals surface area contributed by atoms with Crippen molar-refractivity contribution in [2.75, 3.05) is 19.8 Å². The maximum atomic E-state index is 11.6. The van der Waals surface area contributed by atoms with Crippen LogP contribution in [-0.4, -0.2) is 48.9 Å². The molecule has 0 unspecified atom stereocenters. The molecule has 4 N–H and O–H groups in total. The zero-order chi connectivity index (χ0) is 19.4. The van der Waals surface area contributed by atoms with Crippen molar-refractivity contribution in [3.05, 3.63) is 35.4 Å². The highest BCUT2D eigenvalue weighted by Gasteiger charge is 2.09. The minimum absolute atomic E-state index is 0.0394. The smallest absolute Gasteiger partial charge is 0.412 e. The van der Waals surface area contributed by atoms with E-state index < -0.39 is 18.2 Å². The average molecular weight is 365 g/mol. The lowest BCUT2D eigenvalue weighted by atomic mass is 10.0. The van der Waals surface area contributed by atoms with Crippen molar-refractivity contribution in [3.8, 4) is 0 Å². The number of unbranched alkanes of at least 4 members (excludes halogenated alkanes) is 1. The molecule has 0 atom stereocenters. The summed E-state index contributed by atoms with van der Waals surface area (Å²) in [6.45, 7) is 1.52. The lowest BCUT2D eigenvalue weighted by Gasteiger charge is -2.09. The van der Waals surface area contributed by atoms with E-state index in [1.54, 1.807) is 18.2 Å². The molecule has 0 aliphatic carbocycles. The fourth-order valence-corrected chi connectivity index (χ4v) is 2.06. The maximum absolute atomic E-state index is 11.6. The minimum atomic E-state index is -1.04. The number of hydrogen-bond acceptors (Lipinski definition) is 6. The Morgan fingerprint density at radius 1 is 1.15 bits per heavy atom. The molecule has 0 heterocycles. The van der Waals surface area contributed by atoms with Gasteiger partial charge in [0.15, 0.2) is 0 Å². The molecule has 1 aromatic carbocycles. The number of nitrogens with one attached hydrogen (secondary N) is 3. The van der Waals surface area contributed by atoms with Gasteiger partial charge in [-0.1, -0.05) is 18.2 Å². The Morgan fingerprint density at radius 2 is 1.88 bits per heavy atom. The van der Waals surface area contributed by atoms with Gasteiger partial charge in [0.2, 0.25) is 0 Å². The van der Waals surface area contributed by atoms with Gasteiger partial charge in [-0.15, -0.1) is 0 Å². The van der Waals surface area contributed by atoms with E-state index in [1.807, 2.05) is 6.07 Å². The van der Waals surface area contributed by atoms with Gasteiger partial charge in [-0.05, 0) is 30.9 Å². The van der Waals surface area contributed by atoms with E-state index in [1.165, 1.54) is 6.92 Å². The molecule has 1 rings (SSSR count). The first-order chi connectivity index (χ1) is 12.4. The molecular weight excluding hydrogens is 342 g/mol. The third-order valence-electron chi connectivity index (χ3n) is 3.23. The number of carbonyl (C=O) groups excluding carboxylic acids is 2. The Morgan fingerprint density at radius 3 is 2.58 bits per heavy atom. The predicted molar refractivity (Wildman–Crippen MR) is 93.4 cm³/mol. The molecule has 9 heteroatoms. The molecule has 2 amide bonds. The molecule has 0 bridgehead atoms. The predicted octanol–water partition coefficient (Wildman–Crippen LogP) is 1.89. The second kappa shape index (κ2) is 11.5. The van der Waals surface area contributed by atoms with Crippen molar-refractivity contribution in [1.82, 2.24) is 10.6 Å². The van der Waals surface area contributed by atoms with Gasteiger partial charge >= 0.3 is 18.2 Å². The first-order valence-corrected chi connectivity index (χ1v) is 8.10. The minimum Gasteiger partial charge on any atom is -0.465 e. The Bertz CT molecular complexity index is 647. The Hall–Kier alpha value is -3.10. The average Bonchev–Trinajstić information content (AvgIpc) is 2.58. The van der Waals surface area contributed by atoms with Gasteiger partial charge < -0.3 is 19.9 Å². The van der Waals surface area contributed by atoms with Crippen LogP contribution < -0.4 is 10.6 Å². The summed E-state index contributed by atoms with van der Waals surface area (Å²) in [7, 11) is 0. The van der Waals surface area contributed by atoms with Crippen molar-refractivity contribution in [2.24, 2.45) is 0 Å². The quantitative estimate of drug-likeness (QED) is 0.228. The molecule has 0 spiro atoms. The number of carboxylic acid groups (broad SMARTS) is 1. The van der Waals surface area contributed by atoms with E-state index in [0.29, 0.717) is 18.5 Å². The second-order valence-corrected chi connectivity index (χ2v) is 5.37. The molecule has 26 heavy (non-hydrogen) atoms. The number of alkyl carbamates (subject to hydrolysis) is 1. The van der Waals surface area contributed by atoms with E-state index in [4.69, 9.17) is 15.3 Å². The molecular formula is C17H23N3O6. The standard InChI is InChI=1S/C17H23N3O6/c1-12(21)25-9-10-26-17(24)20-15(18)14-7-4-6-13(11-14)5-2-3-8-19-16(22)23/h4,6-7,11,19H,2-3,5,8-10H2,1H3,(H,22,23)(H2,18,20,24). The summed E-state index contributed by atoms with van der Waals surface area (Å²) in [4.78, 5) is 32.5. The van der Waals surface area contributed by atoms with Crippen molar-refractivity contribution >= 4 is 24.0 Å². The summed E-state index contributed by atoms with van der Waals surface area (Å²) >= 11 is 0. The number of ether oxygens (including phenoxy) is 2. The van der Waals surface area contributed by atoms with Gasteiger partial charge in [-0.2, -0.15) is 0 Å². The van der Waals surface area contributed by atoms with Gasteiger partial charge in [-0.3, -0.25) is 15.5 Å². The van der Waals surface area contributed by atoms with Crippen LogP contribution >= 0.6 is 0 Å². The van der Waals surface area contributed by atoms with Crippen LogP contribution in [0.1, 0.15) is 30.9 Å². The summed E-state index contributed by atoms with van der Waals surface area (Å²) in [6, 6.07) is 7.16. The first kappa shape index (κ1) is 20.9. The van der Waals surface area contributed by atoms with Gasteiger partial charge in [0.1, 0.15) is 19.0 Å². The second-order valence-electron chi connectivity index (χ2n) is 5.37. The van der Waals surface area contributed by atoms with Crippen LogP contribution in [0.2, 0.25) is 0 Å². The van der Waals surface area contributed by atoms with Crippen LogP contribution in [0.5, 0.6) is 0 Å². The first-order valence-electron chi connectivity index (χ1n) is 8.10. The van der Waals surface area contributed by atoms with Gasteiger partial charge in [0.05, 0.1) is 0 Å². The van der Waals surface area contributed by atoms with Crippen LogP contribution in [0.15, 0.2) is 24.3 Å². The van der Waals surface area contributed by atoms with E-state index >= 15 is 0 Å². The van der Waals surface area contributed by atoms with E-state index in [9.17, 15) is 14.4 Å². The number of aryl methyl sites for hydroxylation is 1. The van der Waals surface area contributed by atoms with Crippen LogP contribution in [-0.2, 0) is 20.7 Å². The summed E-state index contributed by atoms with van der Waals surface area (Å²) in [5.74, 6) is -0.561. The molecule has 0 aromatic heterocycles. The summed E-state index contributed by atoms with van der Waals surface area (Å²) < 4.78 is 9.43. The molecule has 1 aromatic rings. The van der Waals surface area contributed by atoms with Crippen LogP contribution in [0.4, 0.5) is 9.59 Å². The Balaban J connectivity index is 2.38. The fraction of sp³-hybridized carbons (Fsp3) is 0.412. The lowest BCUT2D eigenvalue weighted by molar-refractivity contribution is -0.141. The molecule has 0 fully saturated rings. The number of amides is 2. The number of carbonyl (C=O) groups is 3. The summed E-state index contributed by atoms with van der Waals surface area (Å²) in [5, 5.41) is 21.0. The molecule has 0 radical (unpaired) electrons. The zero-order valence-electron chi connectivity index (χ0n) is 14.5. The Kier molecular flexibility index (Phi) is 9.23. The zero-order valence-corrected chi connectivity index (χ0v) is 14.5. The van der Waals surface area contributed by atoms with E-state index in [2.05, 4.69) is 15.4 Å². The number of esters is 1. The normalized spacial score (nSPS) is 9.88. The number of benzene rings is 1. The van der Waals surface area contributed by atoms with Crippen molar-refractivity contribution < 1.29 is 29.0 Å². The lowest BCUT2D eigenvalue weighted by Crippen LogP contribution is -2.32. The highest BCUT2D eigenvalue weighted by atomic mass is 16.6. The molecule has 9 nitrogen and oxygen atoms in total. The molecule has 0 saturated heterocycles. The Labute approximate surface area is 151 Å². The monoisotopic (exact) mass is 365 g/mol. The highest BCUT2D eigenvalue weighted by molar-refractivity contribution is 6.04. The topological polar surface area (TPSA) is 138 Å². The molecule has 0 saturated carbocycles. The SMILES string of the molecule is CC(=O)OCCOC(=O)NC(=N)c1cccc(CCCCNC(=O)O)c1. The van der Waals surface area contributed by atoms with Crippen molar-refractivity contribution in [1.29, 1.82) is 5.41 Å². The number of rotatable bonds is 9. The molecule has 0 aliphatic rings. The molecule has 0 aliphatic heterocycles.